The van der Waals surface area contributed by atoms with E-state index in [-0.39, 0.29) is 0 Å². The number of rotatable bonds is 6. The van der Waals surface area contributed by atoms with Gasteiger partial charge in [-0.15, -0.1) is 0 Å². The number of nitrogens with two attached hydrogens (primary N) is 1. The van der Waals surface area contributed by atoms with Gasteiger partial charge >= 0.3 is 0 Å². The maximum Gasteiger partial charge on any atom is 0.0110 e. The molecule has 0 aromatic rings. The standard InChI is InChI=1S/C14H29N3/c1-12(2)14(9-15)11-17-7-5-16(6-8-17)10-13-3-4-13/h12-14H,3-11,15H2,1-2H3. The lowest BCUT2D eigenvalue weighted by Crippen LogP contribution is -2.49. The summed E-state index contributed by atoms with van der Waals surface area (Å²) in [4.78, 5) is 5.27. The zero-order valence-corrected chi connectivity index (χ0v) is 11.6. The van der Waals surface area contributed by atoms with Crippen molar-refractivity contribution < 1.29 is 0 Å². The second kappa shape index (κ2) is 6.17. The van der Waals surface area contributed by atoms with Gasteiger partial charge < -0.3 is 15.5 Å². The first-order chi connectivity index (χ1) is 8.19. The molecule has 0 aromatic carbocycles. The molecule has 2 aliphatic rings. The molecule has 0 amide bonds. The van der Waals surface area contributed by atoms with Crippen molar-refractivity contribution in [2.75, 3.05) is 45.8 Å². The molecule has 1 atom stereocenters. The molecule has 0 bridgehead atoms. The normalized spacial score (nSPS) is 25.4. The van der Waals surface area contributed by atoms with E-state index in [1.165, 1.54) is 52.1 Å². The predicted octanol–water partition coefficient (Wildman–Crippen LogP) is 1.24. The molecule has 3 nitrogen and oxygen atoms in total. The maximum atomic E-state index is 5.86. The molecular weight excluding hydrogens is 210 g/mol. The van der Waals surface area contributed by atoms with Gasteiger partial charge in [-0.2, -0.15) is 0 Å². The molecule has 1 saturated carbocycles. The van der Waals surface area contributed by atoms with Crippen LogP contribution in [0, 0.1) is 17.8 Å². The Kier molecular flexibility index (Phi) is 4.83. The maximum absolute atomic E-state index is 5.86. The number of nitrogens with zero attached hydrogens (tertiary/aromatic N) is 2. The third-order valence-electron chi connectivity index (χ3n) is 4.42. The lowest BCUT2D eigenvalue weighted by molar-refractivity contribution is 0.107. The minimum absolute atomic E-state index is 0.671. The summed E-state index contributed by atoms with van der Waals surface area (Å²) in [5, 5.41) is 0. The highest BCUT2D eigenvalue weighted by molar-refractivity contribution is 4.81. The molecule has 17 heavy (non-hydrogen) atoms. The lowest BCUT2D eigenvalue weighted by Gasteiger charge is -2.37. The van der Waals surface area contributed by atoms with Crippen molar-refractivity contribution in [2.45, 2.75) is 26.7 Å². The lowest BCUT2D eigenvalue weighted by atomic mass is 9.95. The third-order valence-corrected chi connectivity index (χ3v) is 4.42. The summed E-state index contributed by atoms with van der Waals surface area (Å²) >= 11 is 0. The van der Waals surface area contributed by atoms with E-state index in [1.807, 2.05) is 0 Å². The molecule has 1 aliphatic heterocycles. The van der Waals surface area contributed by atoms with Crippen LogP contribution >= 0.6 is 0 Å². The number of hydrogen-bond donors (Lipinski definition) is 1. The van der Waals surface area contributed by atoms with Crippen LogP contribution in [0.3, 0.4) is 0 Å². The Morgan fingerprint density at radius 1 is 1.06 bits per heavy atom. The molecule has 2 N–H and O–H groups in total. The van der Waals surface area contributed by atoms with E-state index in [2.05, 4.69) is 23.6 Å². The topological polar surface area (TPSA) is 32.5 Å². The van der Waals surface area contributed by atoms with Crippen LogP contribution in [0.2, 0.25) is 0 Å². The molecule has 0 radical (unpaired) electrons. The highest BCUT2D eigenvalue weighted by Gasteiger charge is 2.27. The Balaban J connectivity index is 1.66. The van der Waals surface area contributed by atoms with Crippen LogP contribution in [-0.4, -0.2) is 55.6 Å². The summed E-state index contributed by atoms with van der Waals surface area (Å²) in [6.45, 7) is 13.0. The van der Waals surface area contributed by atoms with Gasteiger partial charge in [0.05, 0.1) is 0 Å². The van der Waals surface area contributed by atoms with Crippen LogP contribution in [0.1, 0.15) is 26.7 Å². The van der Waals surface area contributed by atoms with E-state index in [4.69, 9.17) is 5.73 Å². The largest absolute Gasteiger partial charge is 0.330 e. The first kappa shape index (κ1) is 13.3. The summed E-state index contributed by atoms with van der Waals surface area (Å²) in [5.41, 5.74) is 5.86. The van der Waals surface area contributed by atoms with Gasteiger partial charge in [-0.3, -0.25) is 0 Å². The van der Waals surface area contributed by atoms with Crippen LogP contribution < -0.4 is 5.73 Å². The summed E-state index contributed by atoms with van der Waals surface area (Å²) in [6.07, 6.45) is 2.95. The fraction of sp³-hybridized carbons (Fsp3) is 1.00. The second-order valence-electron chi connectivity index (χ2n) is 6.28. The van der Waals surface area contributed by atoms with Crippen molar-refractivity contribution in [2.24, 2.45) is 23.5 Å². The SMILES string of the molecule is CC(C)C(CN)CN1CCN(CC2CC2)CC1. The van der Waals surface area contributed by atoms with Gasteiger partial charge in [0.2, 0.25) is 0 Å². The van der Waals surface area contributed by atoms with Crippen molar-refractivity contribution in [3.8, 4) is 0 Å². The molecule has 1 saturated heterocycles. The molecule has 1 aliphatic carbocycles. The fourth-order valence-corrected chi connectivity index (χ4v) is 2.71. The highest BCUT2D eigenvalue weighted by Crippen LogP contribution is 2.29. The Bertz CT molecular complexity index is 218. The van der Waals surface area contributed by atoms with Gasteiger partial charge in [-0.05, 0) is 37.1 Å². The van der Waals surface area contributed by atoms with E-state index >= 15 is 0 Å². The van der Waals surface area contributed by atoms with Crippen LogP contribution in [0.5, 0.6) is 0 Å². The van der Waals surface area contributed by atoms with Gasteiger partial charge in [0.25, 0.3) is 0 Å². The average molecular weight is 239 g/mol. The summed E-state index contributed by atoms with van der Waals surface area (Å²) < 4.78 is 0. The first-order valence-corrected chi connectivity index (χ1v) is 7.33. The van der Waals surface area contributed by atoms with Crippen molar-refractivity contribution in [1.29, 1.82) is 0 Å². The summed E-state index contributed by atoms with van der Waals surface area (Å²) in [7, 11) is 0. The minimum Gasteiger partial charge on any atom is -0.330 e. The Hall–Kier alpha value is -0.120. The highest BCUT2D eigenvalue weighted by atomic mass is 15.3. The van der Waals surface area contributed by atoms with Gasteiger partial charge in [0, 0.05) is 39.3 Å². The molecule has 0 spiro atoms. The molecular formula is C14H29N3. The van der Waals surface area contributed by atoms with Crippen molar-refractivity contribution in [1.82, 2.24) is 9.80 Å². The number of piperazine rings is 1. The van der Waals surface area contributed by atoms with Gasteiger partial charge in [0.1, 0.15) is 0 Å². The van der Waals surface area contributed by atoms with E-state index < -0.39 is 0 Å². The Labute approximate surface area is 106 Å². The van der Waals surface area contributed by atoms with Crippen LogP contribution in [0.15, 0.2) is 0 Å². The zero-order chi connectivity index (χ0) is 12.3. The smallest absolute Gasteiger partial charge is 0.0110 e. The monoisotopic (exact) mass is 239 g/mol. The van der Waals surface area contributed by atoms with Crippen LogP contribution in [0.4, 0.5) is 0 Å². The van der Waals surface area contributed by atoms with Gasteiger partial charge in [-0.25, -0.2) is 0 Å². The molecule has 3 heteroatoms. The molecule has 1 heterocycles. The third kappa shape index (κ3) is 4.23. The van der Waals surface area contributed by atoms with E-state index in [0.717, 1.165) is 12.5 Å². The van der Waals surface area contributed by atoms with Gasteiger partial charge in [0.15, 0.2) is 0 Å². The molecule has 2 fully saturated rings. The first-order valence-electron chi connectivity index (χ1n) is 7.33. The van der Waals surface area contributed by atoms with Crippen molar-refractivity contribution in [3.05, 3.63) is 0 Å². The quantitative estimate of drug-likeness (QED) is 0.757. The van der Waals surface area contributed by atoms with Crippen LogP contribution in [0.25, 0.3) is 0 Å². The summed E-state index contributed by atoms with van der Waals surface area (Å²) in [6, 6.07) is 0. The van der Waals surface area contributed by atoms with Crippen molar-refractivity contribution in [3.63, 3.8) is 0 Å². The van der Waals surface area contributed by atoms with E-state index in [1.54, 1.807) is 0 Å². The zero-order valence-electron chi connectivity index (χ0n) is 11.6. The predicted molar refractivity (Wildman–Crippen MR) is 73.0 cm³/mol. The second-order valence-corrected chi connectivity index (χ2v) is 6.28. The molecule has 100 valence electrons. The average Bonchev–Trinajstić information content (AvgIpc) is 3.11. The van der Waals surface area contributed by atoms with Crippen LogP contribution in [-0.2, 0) is 0 Å². The minimum atomic E-state index is 0.671. The van der Waals surface area contributed by atoms with Crippen molar-refractivity contribution >= 4 is 0 Å². The summed E-state index contributed by atoms with van der Waals surface area (Å²) in [5.74, 6) is 2.42. The van der Waals surface area contributed by atoms with E-state index in [9.17, 15) is 0 Å². The molecule has 2 rings (SSSR count). The Morgan fingerprint density at radius 2 is 1.65 bits per heavy atom. The van der Waals surface area contributed by atoms with Gasteiger partial charge in [-0.1, -0.05) is 13.8 Å². The molecule has 1 unspecified atom stereocenters. The van der Waals surface area contributed by atoms with E-state index in [0.29, 0.717) is 11.8 Å². The fourth-order valence-electron chi connectivity index (χ4n) is 2.71. The molecule has 0 aromatic heterocycles. The Morgan fingerprint density at radius 3 is 2.12 bits per heavy atom. The number of hydrogen-bond acceptors (Lipinski definition) is 3.